The smallest absolute Gasteiger partial charge is 0.230 e. The van der Waals surface area contributed by atoms with Gasteiger partial charge in [0, 0.05) is 17.5 Å². The van der Waals surface area contributed by atoms with Crippen molar-refractivity contribution >= 4 is 29.3 Å². The first-order chi connectivity index (χ1) is 8.04. The summed E-state index contributed by atoms with van der Waals surface area (Å²) in [6.07, 6.45) is 0. The minimum absolute atomic E-state index is 0.0184. The summed E-state index contributed by atoms with van der Waals surface area (Å²) in [7, 11) is 0. The molecule has 0 aromatic heterocycles. The van der Waals surface area contributed by atoms with Crippen LogP contribution in [0, 0.1) is 0 Å². The maximum atomic E-state index is 11.3. The molecule has 0 bridgehead atoms. The minimum atomic E-state index is -0.0325. The van der Waals surface area contributed by atoms with Crippen molar-refractivity contribution in [2.24, 2.45) is 5.73 Å². The Morgan fingerprint density at radius 1 is 1.59 bits per heavy atom. The van der Waals surface area contributed by atoms with E-state index in [0.29, 0.717) is 17.3 Å². The van der Waals surface area contributed by atoms with Gasteiger partial charge in [0.2, 0.25) is 5.91 Å². The van der Waals surface area contributed by atoms with Crippen molar-refractivity contribution < 1.29 is 4.79 Å². The number of nitrogens with two attached hydrogens (primary N) is 1. The van der Waals surface area contributed by atoms with E-state index in [9.17, 15) is 4.79 Å². The van der Waals surface area contributed by atoms with Gasteiger partial charge in [0.1, 0.15) is 0 Å². The van der Waals surface area contributed by atoms with Gasteiger partial charge in [-0.15, -0.1) is 11.8 Å². The van der Waals surface area contributed by atoms with Crippen molar-refractivity contribution in [1.82, 2.24) is 5.32 Å². The van der Waals surface area contributed by atoms with Gasteiger partial charge in [-0.25, -0.2) is 0 Å². The zero-order valence-corrected chi connectivity index (χ0v) is 11.6. The van der Waals surface area contributed by atoms with E-state index in [-0.39, 0.29) is 11.9 Å². The molecule has 3 N–H and O–H groups in total. The first-order valence-corrected chi connectivity index (χ1v) is 6.85. The van der Waals surface area contributed by atoms with Crippen molar-refractivity contribution in [1.29, 1.82) is 0 Å². The molecular weight excluding hydrogens is 256 g/mol. The van der Waals surface area contributed by atoms with Crippen LogP contribution in [0.15, 0.2) is 23.1 Å². The molecule has 1 aromatic carbocycles. The van der Waals surface area contributed by atoms with Crippen LogP contribution in [0.4, 0.5) is 0 Å². The Hall–Kier alpha value is -0.710. The molecule has 0 saturated heterocycles. The van der Waals surface area contributed by atoms with Gasteiger partial charge in [0.25, 0.3) is 0 Å². The van der Waals surface area contributed by atoms with E-state index >= 15 is 0 Å². The lowest BCUT2D eigenvalue weighted by molar-refractivity contribution is -0.118. The van der Waals surface area contributed by atoms with Crippen LogP contribution >= 0.6 is 23.4 Å². The highest BCUT2D eigenvalue weighted by Crippen LogP contribution is 2.29. The average Bonchev–Trinajstić information content (AvgIpc) is 2.27. The van der Waals surface area contributed by atoms with Crippen LogP contribution in [-0.4, -0.2) is 18.2 Å². The molecule has 1 amide bonds. The number of amides is 1. The van der Waals surface area contributed by atoms with E-state index in [0.717, 1.165) is 10.5 Å². The number of carbonyl (C=O) groups is 1. The molecule has 0 aliphatic carbocycles. The highest BCUT2D eigenvalue weighted by Gasteiger charge is 2.07. The van der Waals surface area contributed by atoms with Crippen LogP contribution in [0.5, 0.6) is 0 Å². The van der Waals surface area contributed by atoms with Gasteiger partial charge in [-0.1, -0.05) is 17.7 Å². The molecule has 0 radical (unpaired) electrons. The zero-order chi connectivity index (χ0) is 12.8. The van der Waals surface area contributed by atoms with E-state index in [1.165, 1.54) is 11.8 Å². The molecule has 0 saturated carbocycles. The lowest BCUT2D eigenvalue weighted by Gasteiger charge is -2.09. The fourth-order valence-electron chi connectivity index (χ4n) is 1.31. The van der Waals surface area contributed by atoms with Gasteiger partial charge in [-0.05, 0) is 31.5 Å². The molecule has 1 rings (SSSR count). The molecule has 0 spiro atoms. The second-order valence-electron chi connectivity index (χ2n) is 3.72. The third-order valence-corrected chi connectivity index (χ3v) is 3.71. The third-order valence-electron chi connectivity index (χ3n) is 2.21. The highest BCUT2D eigenvalue weighted by molar-refractivity contribution is 8.00. The highest BCUT2D eigenvalue weighted by atomic mass is 35.5. The third kappa shape index (κ3) is 4.58. The summed E-state index contributed by atoms with van der Waals surface area (Å²) < 4.78 is 0. The first kappa shape index (κ1) is 14.4. The van der Waals surface area contributed by atoms with Gasteiger partial charge in [-0.3, -0.25) is 4.79 Å². The number of benzene rings is 1. The van der Waals surface area contributed by atoms with E-state index < -0.39 is 0 Å². The van der Waals surface area contributed by atoms with Gasteiger partial charge in [0.15, 0.2) is 0 Å². The zero-order valence-electron chi connectivity index (χ0n) is 10.00. The van der Waals surface area contributed by atoms with E-state index in [2.05, 4.69) is 5.32 Å². The lowest BCUT2D eigenvalue weighted by atomic mass is 10.1. The minimum Gasteiger partial charge on any atom is -0.356 e. The normalized spacial score (nSPS) is 12.2. The van der Waals surface area contributed by atoms with E-state index in [1.807, 2.05) is 32.0 Å². The molecule has 5 heteroatoms. The van der Waals surface area contributed by atoms with E-state index in [4.69, 9.17) is 17.3 Å². The quantitative estimate of drug-likeness (QED) is 0.810. The SMILES string of the molecule is CCNC(=O)CSc1ccc([C@@H](C)N)cc1Cl. The Morgan fingerprint density at radius 2 is 2.29 bits per heavy atom. The molecule has 94 valence electrons. The van der Waals surface area contributed by atoms with Crippen LogP contribution < -0.4 is 11.1 Å². The molecule has 1 aromatic rings. The Morgan fingerprint density at radius 3 is 2.82 bits per heavy atom. The molecule has 0 heterocycles. The maximum Gasteiger partial charge on any atom is 0.230 e. The summed E-state index contributed by atoms with van der Waals surface area (Å²) in [5.41, 5.74) is 6.76. The number of thioether (sulfide) groups is 1. The summed E-state index contributed by atoms with van der Waals surface area (Å²) >= 11 is 7.56. The molecule has 0 aliphatic heterocycles. The van der Waals surface area contributed by atoms with Crippen LogP contribution in [0.1, 0.15) is 25.5 Å². The molecule has 0 aliphatic rings. The molecule has 0 fully saturated rings. The monoisotopic (exact) mass is 272 g/mol. The largest absolute Gasteiger partial charge is 0.356 e. The van der Waals surface area contributed by atoms with Gasteiger partial charge < -0.3 is 11.1 Å². The first-order valence-electron chi connectivity index (χ1n) is 5.49. The number of halogens is 1. The maximum absolute atomic E-state index is 11.3. The number of carbonyl (C=O) groups excluding carboxylic acids is 1. The number of hydrogen-bond acceptors (Lipinski definition) is 3. The second-order valence-corrected chi connectivity index (χ2v) is 5.15. The van der Waals surface area contributed by atoms with Gasteiger partial charge in [-0.2, -0.15) is 0 Å². The molecule has 0 unspecified atom stereocenters. The van der Waals surface area contributed by atoms with Crippen LogP contribution in [0.25, 0.3) is 0 Å². The standard InChI is InChI=1S/C12H17ClN2OS/c1-3-15-12(16)7-17-11-5-4-9(8(2)14)6-10(11)13/h4-6,8H,3,7,14H2,1-2H3,(H,15,16)/t8-/m1/s1. The second kappa shape index (κ2) is 6.89. The molecule has 3 nitrogen and oxygen atoms in total. The fraction of sp³-hybridized carbons (Fsp3) is 0.417. The number of nitrogens with one attached hydrogen (secondary N) is 1. The van der Waals surface area contributed by atoms with Crippen molar-refractivity contribution in [2.45, 2.75) is 24.8 Å². The van der Waals surface area contributed by atoms with E-state index in [1.54, 1.807) is 0 Å². The molecule has 17 heavy (non-hydrogen) atoms. The van der Waals surface area contributed by atoms with Gasteiger partial charge >= 0.3 is 0 Å². The predicted octanol–water partition coefficient (Wildman–Crippen LogP) is 2.59. The Kier molecular flexibility index (Phi) is 5.82. The van der Waals surface area contributed by atoms with Crippen molar-refractivity contribution in [3.05, 3.63) is 28.8 Å². The molecular formula is C12H17ClN2OS. The fourth-order valence-corrected chi connectivity index (χ4v) is 2.41. The summed E-state index contributed by atoms with van der Waals surface area (Å²) in [6, 6.07) is 5.67. The topological polar surface area (TPSA) is 55.1 Å². The van der Waals surface area contributed by atoms with Crippen LogP contribution in [0.3, 0.4) is 0 Å². The van der Waals surface area contributed by atoms with Gasteiger partial charge in [0.05, 0.1) is 10.8 Å². The predicted molar refractivity (Wildman–Crippen MR) is 73.5 cm³/mol. The summed E-state index contributed by atoms with van der Waals surface area (Å²) in [6.45, 7) is 4.46. The summed E-state index contributed by atoms with van der Waals surface area (Å²) in [5.74, 6) is 0.398. The van der Waals surface area contributed by atoms with Crippen molar-refractivity contribution in [3.63, 3.8) is 0 Å². The van der Waals surface area contributed by atoms with Crippen molar-refractivity contribution in [3.8, 4) is 0 Å². The summed E-state index contributed by atoms with van der Waals surface area (Å²) in [4.78, 5) is 12.2. The Bertz CT molecular complexity index is 396. The number of rotatable bonds is 5. The lowest BCUT2D eigenvalue weighted by Crippen LogP contribution is -2.24. The Labute approximate surface area is 111 Å². The van der Waals surface area contributed by atoms with Crippen molar-refractivity contribution in [2.75, 3.05) is 12.3 Å². The Balaban J connectivity index is 2.63. The number of hydrogen-bond donors (Lipinski definition) is 2. The van der Waals surface area contributed by atoms with Crippen LogP contribution in [-0.2, 0) is 4.79 Å². The summed E-state index contributed by atoms with van der Waals surface area (Å²) in [5, 5.41) is 3.39. The average molecular weight is 273 g/mol. The van der Waals surface area contributed by atoms with Crippen LogP contribution in [0.2, 0.25) is 5.02 Å². The molecule has 1 atom stereocenters.